The Balaban J connectivity index is 2.16. The predicted molar refractivity (Wildman–Crippen MR) is 70.6 cm³/mol. The molecule has 1 N–H and O–H groups in total. The largest absolute Gasteiger partial charge is 0.348 e. The molecule has 0 fully saturated rings. The number of benzene rings is 2. The van der Waals surface area contributed by atoms with E-state index in [1.54, 1.807) is 30.3 Å². The van der Waals surface area contributed by atoms with E-state index in [0.29, 0.717) is 12.1 Å². The molecule has 0 heterocycles. The van der Waals surface area contributed by atoms with E-state index >= 15 is 0 Å². The van der Waals surface area contributed by atoms with Crippen molar-refractivity contribution >= 4 is 11.6 Å². The van der Waals surface area contributed by atoms with Crippen LogP contribution in [0.4, 0.5) is 14.5 Å². The molecule has 0 atom stereocenters. The number of hydrogen-bond donors (Lipinski definition) is 1. The van der Waals surface area contributed by atoms with Crippen molar-refractivity contribution in [3.05, 3.63) is 75.3 Å². The van der Waals surface area contributed by atoms with Crippen molar-refractivity contribution in [2.24, 2.45) is 0 Å². The minimum Gasteiger partial charge on any atom is -0.348 e. The van der Waals surface area contributed by atoms with Gasteiger partial charge >= 0.3 is 5.69 Å². The van der Waals surface area contributed by atoms with Crippen LogP contribution < -0.4 is 5.32 Å². The summed E-state index contributed by atoms with van der Waals surface area (Å²) < 4.78 is 27.1. The third kappa shape index (κ3) is 3.38. The molecule has 0 spiro atoms. The van der Waals surface area contributed by atoms with Gasteiger partial charge in [-0.25, -0.2) is 4.39 Å². The van der Waals surface area contributed by atoms with E-state index in [-0.39, 0.29) is 6.54 Å². The smallest absolute Gasteiger partial charge is 0.307 e. The Morgan fingerprint density at radius 2 is 1.81 bits per heavy atom. The summed E-state index contributed by atoms with van der Waals surface area (Å²) >= 11 is 0. The van der Waals surface area contributed by atoms with Crippen molar-refractivity contribution in [3.63, 3.8) is 0 Å². The quantitative estimate of drug-likeness (QED) is 0.695. The van der Waals surface area contributed by atoms with Crippen molar-refractivity contribution < 1.29 is 18.5 Å². The number of amides is 1. The van der Waals surface area contributed by atoms with E-state index < -0.39 is 33.7 Å². The first kappa shape index (κ1) is 14.6. The van der Waals surface area contributed by atoms with Gasteiger partial charge in [0.2, 0.25) is 5.82 Å². The number of carbonyl (C=O) groups excluding carboxylic acids is 1. The number of rotatable bonds is 4. The summed E-state index contributed by atoms with van der Waals surface area (Å²) in [6.45, 7) is 0.137. The van der Waals surface area contributed by atoms with Crippen LogP contribution in [0.25, 0.3) is 0 Å². The fraction of sp³-hybridized carbons (Fsp3) is 0.0714. The first-order valence-corrected chi connectivity index (χ1v) is 5.94. The number of nitrogens with zero attached hydrogens (tertiary/aromatic N) is 1. The minimum atomic E-state index is -1.26. The standard InChI is InChI=1S/C14H10F2N2O3/c15-11-7-13(18(20)21)12(16)6-10(11)14(19)17-8-9-4-2-1-3-5-9/h1-7H,8H2,(H,17,19). The third-order valence-corrected chi connectivity index (χ3v) is 2.77. The molecular weight excluding hydrogens is 282 g/mol. The Hall–Kier alpha value is -2.83. The maximum absolute atomic E-state index is 13.6. The number of nitrogens with one attached hydrogen (secondary N) is 1. The van der Waals surface area contributed by atoms with Gasteiger partial charge in [0.1, 0.15) is 5.82 Å². The molecule has 0 aliphatic heterocycles. The van der Waals surface area contributed by atoms with Gasteiger partial charge in [-0.05, 0) is 11.6 Å². The normalized spacial score (nSPS) is 10.2. The highest BCUT2D eigenvalue weighted by atomic mass is 19.1. The van der Waals surface area contributed by atoms with Crippen LogP contribution in [-0.4, -0.2) is 10.8 Å². The Bertz CT molecular complexity index is 690. The fourth-order valence-electron chi connectivity index (χ4n) is 1.72. The molecule has 108 valence electrons. The molecule has 0 aliphatic rings. The summed E-state index contributed by atoms with van der Waals surface area (Å²) in [4.78, 5) is 21.2. The maximum atomic E-state index is 13.6. The van der Waals surface area contributed by atoms with E-state index in [4.69, 9.17) is 0 Å². The lowest BCUT2D eigenvalue weighted by atomic mass is 10.1. The van der Waals surface area contributed by atoms with Crippen molar-refractivity contribution in [1.82, 2.24) is 5.32 Å². The van der Waals surface area contributed by atoms with Crippen molar-refractivity contribution in [2.75, 3.05) is 0 Å². The molecule has 1 amide bonds. The Labute approximate surface area is 118 Å². The average molecular weight is 292 g/mol. The van der Waals surface area contributed by atoms with E-state index in [9.17, 15) is 23.7 Å². The summed E-state index contributed by atoms with van der Waals surface area (Å²) in [6, 6.07) is 9.78. The lowest BCUT2D eigenvalue weighted by Crippen LogP contribution is -2.24. The van der Waals surface area contributed by atoms with Crippen LogP contribution in [0.1, 0.15) is 15.9 Å². The molecule has 7 heteroatoms. The molecule has 0 saturated heterocycles. The second kappa shape index (κ2) is 6.08. The minimum absolute atomic E-state index is 0.137. The summed E-state index contributed by atoms with van der Waals surface area (Å²) in [5.74, 6) is -3.25. The summed E-state index contributed by atoms with van der Waals surface area (Å²) in [5, 5.41) is 12.9. The van der Waals surface area contributed by atoms with Crippen molar-refractivity contribution in [2.45, 2.75) is 6.54 Å². The number of carbonyl (C=O) groups is 1. The summed E-state index contributed by atoms with van der Waals surface area (Å²) in [7, 11) is 0. The molecule has 2 rings (SSSR count). The Kier molecular flexibility index (Phi) is 4.22. The fourth-order valence-corrected chi connectivity index (χ4v) is 1.72. The van der Waals surface area contributed by atoms with Crippen molar-refractivity contribution in [3.8, 4) is 0 Å². The molecule has 0 bridgehead atoms. The lowest BCUT2D eigenvalue weighted by molar-refractivity contribution is -0.387. The van der Waals surface area contributed by atoms with Gasteiger partial charge in [-0.15, -0.1) is 0 Å². The summed E-state index contributed by atoms with van der Waals surface area (Å²) in [5.41, 5.74) is -0.796. The van der Waals surface area contributed by atoms with Gasteiger partial charge in [0.15, 0.2) is 0 Å². The molecular formula is C14H10F2N2O3. The molecule has 2 aromatic carbocycles. The SMILES string of the molecule is O=C(NCc1ccccc1)c1cc(F)c([N+](=O)[O-])cc1F. The van der Waals surface area contributed by atoms with Crippen LogP contribution in [0.15, 0.2) is 42.5 Å². The van der Waals surface area contributed by atoms with E-state index in [2.05, 4.69) is 5.32 Å². The molecule has 2 aromatic rings. The highest BCUT2D eigenvalue weighted by molar-refractivity contribution is 5.94. The molecule has 21 heavy (non-hydrogen) atoms. The average Bonchev–Trinajstić information content (AvgIpc) is 2.47. The first-order chi connectivity index (χ1) is 9.99. The van der Waals surface area contributed by atoms with Gasteiger partial charge in [-0.3, -0.25) is 14.9 Å². The van der Waals surface area contributed by atoms with Crippen LogP contribution in [0.3, 0.4) is 0 Å². The second-order valence-electron chi connectivity index (χ2n) is 4.21. The van der Waals surface area contributed by atoms with Crippen LogP contribution in [0.5, 0.6) is 0 Å². The Morgan fingerprint density at radius 3 is 2.43 bits per heavy atom. The van der Waals surface area contributed by atoms with Gasteiger partial charge in [-0.2, -0.15) is 4.39 Å². The van der Waals surface area contributed by atoms with Gasteiger partial charge in [0, 0.05) is 6.54 Å². The van der Waals surface area contributed by atoms with Crippen LogP contribution in [0.2, 0.25) is 0 Å². The third-order valence-electron chi connectivity index (χ3n) is 2.77. The maximum Gasteiger partial charge on any atom is 0.307 e. The van der Waals surface area contributed by atoms with Gasteiger partial charge in [0.25, 0.3) is 5.91 Å². The lowest BCUT2D eigenvalue weighted by Gasteiger charge is -2.06. The van der Waals surface area contributed by atoms with Gasteiger partial charge < -0.3 is 5.32 Å². The zero-order chi connectivity index (χ0) is 15.4. The number of nitro groups is 1. The zero-order valence-corrected chi connectivity index (χ0v) is 10.7. The number of nitro benzene ring substituents is 1. The second-order valence-corrected chi connectivity index (χ2v) is 4.21. The molecule has 0 radical (unpaired) electrons. The molecule has 0 unspecified atom stereocenters. The highest BCUT2D eigenvalue weighted by Crippen LogP contribution is 2.21. The van der Waals surface area contributed by atoms with E-state index in [1.165, 1.54) is 0 Å². The Morgan fingerprint density at radius 1 is 1.14 bits per heavy atom. The highest BCUT2D eigenvalue weighted by Gasteiger charge is 2.21. The van der Waals surface area contributed by atoms with Gasteiger partial charge in [0.05, 0.1) is 16.6 Å². The molecule has 5 nitrogen and oxygen atoms in total. The van der Waals surface area contributed by atoms with Gasteiger partial charge in [-0.1, -0.05) is 30.3 Å². The molecule has 0 aromatic heterocycles. The molecule has 0 aliphatic carbocycles. The van der Waals surface area contributed by atoms with Crippen LogP contribution >= 0.6 is 0 Å². The zero-order valence-electron chi connectivity index (χ0n) is 10.7. The van der Waals surface area contributed by atoms with Crippen LogP contribution in [0, 0.1) is 21.7 Å². The van der Waals surface area contributed by atoms with E-state index in [0.717, 1.165) is 5.56 Å². The number of halogens is 2. The van der Waals surface area contributed by atoms with Crippen LogP contribution in [-0.2, 0) is 6.54 Å². The molecule has 0 saturated carbocycles. The van der Waals surface area contributed by atoms with E-state index in [1.807, 2.05) is 0 Å². The van der Waals surface area contributed by atoms with Crippen molar-refractivity contribution in [1.29, 1.82) is 0 Å². The topological polar surface area (TPSA) is 72.2 Å². The number of hydrogen-bond acceptors (Lipinski definition) is 3. The summed E-state index contributed by atoms with van der Waals surface area (Å²) in [6.07, 6.45) is 0. The predicted octanol–water partition coefficient (Wildman–Crippen LogP) is 2.80. The first-order valence-electron chi connectivity index (χ1n) is 5.94. The monoisotopic (exact) mass is 292 g/mol.